The third kappa shape index (κ3) is 5.81. The van der Waals surface area contributed by atoms with Gasteiger partial charge in [-0.2, -0.15) is 0 Å². The molecule has 0 unspecified atom stereocenters. The number of ether oxygens (including phenoxy) is 3. The highest BCUT2D eigenvalue weighted by atomic mass is 16.6. The Morgan fingerprint density at radius 3 is 2.62 bits per heavy atom. The minimum atomic E-state index is -1.10. The predicted octanol–water partition coefficient (Wildman–Crippen LogP) is 5.74. The Labute approximate surface area is 187 Å². The zero-order chi connectivity index (χ0) is 22.2. The van der Waals surface area contributed by atoms with Crippen molar-refractivity contribution in [2.75, 3.05) is 25.1 Å². The third-order valence-electron chi connectivity index (χ3n) is 5.60. The predicted molar refractivity (Wildman–Crippen MR) is 123 cm³/mol. The molecule has 7 heteroatoms. The number of aromatic nitrogens is 1. The first-order valence-corrected chi connectivity index (χ1v) is 11.1. The summed E-state index contributed by atoms with van der Waals surface area (Å²) in [5, 5.41) is 11.8. The van der Waals surface area contributed by atoms with Crippen molar-refractivity contribution in [3.63, 3.8) is 0 Å². The van der Waals surface area contributed by atoms with Crippen LogP contribution < -0.4 is 19.5 Å². The van der Waals surface area contributed by atoms with Crippen LogP contribution in [0.1, 0.15) is 32.1 Å². The van der Waals surface area contributed by atoms with Crippen molar-refractivity contribution in [2.24, 2.45) is 5.92 Å². The van der Waals surface area contributed by atoms with Crippen LogP contribution in [-0.4, -0.2) is 36.0 Å². The molecule has 5 rings (SSSR count). The van der Waals surface area contributed by atoms with E-state index in [9.17, 15) is 4.79 Å². The highest BCUT2D eigenvalue weighted by Gasteiger charge is 2.15. The van der Waals surface area contributed by atoms with Crippen molar-refractivity contribution in [2.45, 2.75) is 32.1 Å². The van der Waals surface area contributed by atoms with Crippen molar-refractivity contribution in [1.82, 2.24) is 4.98 Å². The van der Waals surface area contributed by atoms with Gasteiger partial charge in [0.15, 0.2) is 11.5 Å². The largest absolute Gasteiger partial charge is 0.493 e. The van der Waals surface area contributed by atoms with Crippen molar-refractivity contribution in [1.29, 1.82) is 0 Å². The third-order valence-corrected chi connectivity index (χ3v) is 5.60. The molecule has 32 heavy (non-hydrogen) atoms. The summed E-state index contributed by atoms with van der Waals surface area (Å²) in [6.45, 7) is 1.87. The van der Waals surface area contributed by atoms with Crippen LogP contribution in [0.3, 0.4) is 0 Å². The number of rotatable bonds is 4. The van der Waals surface area contributed by atoms with E-state index in [1.807, 2.05) is 30.5 Å². The second-order valence-electron chi connectivity index (χ2n) is 7.93. The maximum Gasteiger partial charge on any atom is 0.409 e. The van der Waals surface area contributed by atoms with Crippen molar-refractivity contribution >= 4 is 22.7 Å². The number of amides is 1. The molecule has 0 bridgehead atoms. The van der Waals surface area contributed by atoms with E-state index < -0.39 is 6.09 Å². The maximum absolute atomic E-state index is 10.4. The van der Waals surface area contributed by atoms with Gasteiger partial charge in [0, 0.05) is 23.3 Å². The second-order valence-corrected chi connectivity index (χ2v) is 7.93. The van der Waals surface area contributed by atoms with Gasteiger partial charge in [-0.25, -0.2) is 4.79 Å². The number of carbonyl (C=O) groups is 1. The Morgan fingerprint density at radius 2 is 1.81 bits per heavy atom. The van der Waals surface area contributed by atoms with E-state index in [0.29, 0.717) is 30.4 Å². The second kappa shape index (κ2) is 10.7. The zero-order valence-corrected chi connectivity index (χ0v) is 18.0. The topological polar surface area (TPSA) is 89.9 Å². The molecule has 1 amide bonds. The van der Waals surface area contributed by atoms with Gasteiger partial charge >= 0.3 is 6.09 Å². The summed E-state index contributed by atoms with van der Waals surface area (Å²) in [6, 6.07) is 15.0. The lowest BCUT2D eigenvalue weighted by Crippen LogP contribution is -2.15. The molecule has 1 aliphatic heterocycles. The molecular weight excluding hydrogens is 408 g/mol. The van der Waals surface area contributed by atoms with Gasteiger partial charge < -0.3 is 19.3 Å². The smallest absolute Gasteiger partial charge is 0.409 e. The highest BCUT2D eigenvalue weighted by molar-refractivity contribution is 5.84. The van der Waals surface area contributed by atoms with Crippen molar-refractivity contribution in [3.8, 4) is 17.2 Å². The van der Waals surface area contributed by atoms with Gasteiger partial charge in [0.2, 0.25) is 0 Å². The summed E-state index contributed by atoms with van der Waals surface area (Å²) in [6.07, 6.45) is 7.51. The molecule has 0 saturated heterocycles. The molecule has 2 aromatic carbocycles. The fourth-order valence-corrected chi connectivity index (χ4v) is 4.00. The number of carboxylic acid groups (broad SMARTS) is 1. The number of nitrogens with zero attached hydrogens (tertiary/aromatic N) is 1. The first-order valence-electron chi connectivity index (χ1n) is 11.1. The lowest BCUT2D eigenvalue weighted by molar-refractivity contribution is 0.171. The first-order chi connectivity index (χ1) is 15.7. The van der Waals surface area contributed by atoms with Gasteiger partial charge in [-0.05, 0) is 49.1 Å². The zero-order valence-electron chi connectivity index (χ0n) is 18.0. The van der Waals surface area contributed by atoms with Crippen molar-refractivity contribution < 1.29 is 24.1 Å². The SMILES string of the molecule is O=C(O)Nc1ccc2c(c1)OCCO2.c1ccc2c(OCC3CCCCC3)ccnc2c1. The van der Waals surface area contributed by atoms with E-state index in [1.165, 1.54) is 32.1 Å². The minimum Gasteiger partial charge on any atom is -0.493 e. The summed E-state index contributed by atoms with van der Waals surface area (Å²) in [5.41, 5.74) is 1.49. The van der Waals surface area contributed by atoms with Crippen LogP contribution in [0.25, 0.3) is 10.9 Å². The number of hydrogen-bond acceptors (Lipinski definition) is 5. The van der Waals surface area contributed by atoms with Gasteiger partial charge in [0.25, 0.3) is 0 Å². The summed E-state index contributed by atoms with van der Waals surface area (Å²) in [5.74, 6) is 2.94. The number of para-hydroxylation sites is 1. The number of anilines is 1. The van der Waals surface area contributed by atoms with Crippen LogP contribution in [0.5, 0.6) is 17.2 Å². The molecular formula is C25H28N2O5. The van der Waals surface area contributed by atoms with E-state index >= 15 is 0 Å². The van der Waals surface area contributed by atoms with Crippen LogP contribution in [0.4, 0.5) is 10.5 Å². The average molecular weight is 437 g/mol. The Morgan fingerprint density at radius 1 is 1.03 bits per heavy atom. The Bertz CT molecular complexity index is 1040. The molecule has 7 nitrogen and oxygen atoms in total. The van der Waals surface area contributed by atoms with E-state index in [2.05, 4.69) is 16.4 Å². The maximum atomic E-state index is 10.4. The Kier molecular flexibility index (Phi) is 7.27. The number of pyridine rings is 1. The van der Waals surface area contributed by atoms with Gasteiger partial charge in [-0.1, -0.05) is 31.4 Å². The van der Waals surface area contributed by atoms with E-state index in [1.54, 1.807) is 18.2 Å². The van der Waals surface area contributed by atoms with Gasteiger partial charge in [-0.3, -0.25) is 10.3 Å². The van der Waals surface area contributed by atoms with E-state index in [-0.39, 0.29) is 0 Å². The lowest BCUT2D eigenvalue weighted by Gasteiger charge is -2.22. The van der Waals surface area contributed by atoms with Crippen LogP contribution in [-0.2, 0) is 0 Å². The summed E-state index contributed by atoms with van der Waals surface area (Å²) < 4.78 is 16.6. The summed E-state index contributed by atoms with van der Waals surface area (Å²) in [7, 11) is 0. The minimum absolute atomic E-state index is 0.474. The average Bonchev–Trinajstić information content (AvgIpc) is 2.83. The molecule has 2 aliphatic rings. The van der Waals surface area contributed by atoms with Gasteiger partial charge in [-0.15, -0.1) is 0 Å². The lowest BCUT2D eigenvalue weighted by atomic mass is 9.90. The summed E-state index contributed by atoms with van der Waals surface area (Å²) >= 11 is 0. The fraction of sp³-hybridized carbons (Fsp3) is 0.360. The molecule has 1 fully saturated rings. The molecule has 0 spiro atoms. The molecule has 1 aromatic heterocycles. The Balaban J connectivity index is 0.000000158. The first kappa shape index (κ1) is 21.7. The molecule has 1 saturated carbocycles. The molecule has 168 valence electrons. The number of fused-ring (bicyclic) bond motifs is 2. The molecule has 0 atom stereocenters. The standard InChI is InChI=1S/C16H19NO.C9H9NO4/c1-2-6-13(7-3-1)12-18-16-10-11-17-15-9-5-4-8-14(15)16;11-9(12)10-6-1-2-7-8(5-6)14-4-3-13-7/h4-5,8-11,13H,1-3,6-7,12H2;1-2,5,10H,3-4H2,(H,11,12). The van der Waals surface area contributed by atoms with Crippen LogP contribution in [0.15, 0.2) is 54.7 Å². The monoisotopic (exact) mass is 436 g/mol. The quantitative estimate of drug-likeness (QED) is 0.542. The van der Waals surface area contributed by atoms with Gasteiger partial charge in [0.1, 0.15) is 19.0 Å². The number of nitrogens with one attached hydrogen (secondary N) is 1. The molecule has 3 aromatic rings. The highest BCUT2D eigenvalue weighted by Crippen LogP contribution is 2.32. The number of hydrogen-bond donors (Lipinski definition) is 2. The fourth-order valence-electron chi connectivity index (χ4n) is 4.00. The molecule has 0 radical (unpaired) electrons. The van der Waals surface area contributed by atoms with Crippen molar-refractivity contribution in [3.05, 3.63) is 54.7 Å². The summed E-state index contributed by atoms with van der Waals surface area (Å²) in [4.78, 5) is 14.7. The molecule has 2 heterocycles. The Hall–Kier alpha value is -3.48. The van der Waals surface area contributed by atoms with E-state index in [0.717, 1.165) is 29.2 Å². The number of benzene rings is 2. The van der Waals surface area contributed by atoms with E-state index in [4.69, 9.17) is 19.3 Å². The van der Waals surface area contributed by atoms with Crippen LogP contribution in [0, 0.1) is 5.92 Å². The molecule has 2 N–H and O–H groups in total. The van der Waals surface area contributed by atoms with Gasteiger partial charge in [0.05, 0.1) is 12.1 Å². The normalized spacial score (nSPS) is 15.4. The molecule has 1 aliphatic carbocycles. The van der Waals surface area contributed by atoms with Crippen LogP contribution >= 0.6 is 0 Å². The van der Waals surface area contributed by atoms with Crippen LogP contribution in [0.2, 0.25) is 0 Å².